The van der Waals surface area contributed by atoms with Crippen LogP contribution < -0.4 is 5.32 Å². The first-order valence-electron chi connectivity index (χ1n) is 9.84. The van der Waals surface area contributed by atoms with Gasteiger partial charge in [-0.2, -0.15) is 10.2 Å². The molecule has 2 fully saturated rings. The molecule has 29 heavy (non-hydrogen) atoms. The van der Waals surface area contributed by atoms with Crippen LogP contribution >= 0.6 is 24.8 Å². The van der Waals surface area contributed by atoms with Gasteiger partial charge in [0.15, 0.2) is 0 Å². The van der Waals surface area contributed by atoms with Gasteiger partial charge in [-0.3, -0.25) is 19.1 Å². The lowest BCUT2D eigenvalue weighted by molar-refractivity contribution is -0.133. The average Bonchev–Trinajstić information content (AvgIpc) is 3.39. The first kappa shape index (κ1) is 23.6. The third-order valence-electron chi connectivity index (χ3n) is 5.59. The van der Waals surface area contributed by atoms with Gasteiger partial charge in [-0.25, -0.2) is 4.98 Å². The predicted molar refractivity (Wildman–Crippen MR) is 115 cm³/mol. The van der Waals surface area contributed by atoms with Gasteiger partial charge in [-0.05, 0) is 25.5 Å². The third kappa shape index (κ3) is 6.15. The van der Waals surface area contributed by atoms with Crippen LogP contribution in [-0.2, 0) is 17.9 Å². The van der Waals surface area contributed by atoms with Gasteiger partial charge in [-0.1, -0.05) is 0 Å². The maximum absolute atomic E-state index is 12.8. The van der Waals surface area contributed by atoms with Crippen molar-refractivity contribution in [1.82, 2.24) is 39.7 Å². The van der Waals surface area contributed by atoms with Crippen molar-refractivity contribution in [1.29, 1.82) is 0 Å². The number of nitrogens with zero attached hydrogens (tertiary/aromatic N) is 7. The highest BCUT2D eigenvalue weighted by atomic mass is 35.5. The van der Waals surface area contributed by atoms with E-state index in [0.29, 0.717) is 12.5 Å². The fraction of sp³-hybridized carbons (Fsp3) is 0.667. The standard InChI is InChI=1S/C18H28N8O.2ClH/c27-18(13-26-17(3-5-21-26)16-2-1-4-19-12-16)24-9-6-23(7-10-24)8-11-25-15-20-14-22-25;;/h3,5,14-16,19H,1-2,4,6-13H2;2*1H. The molecule has 2 aliphatic rings. The molecule has 0 bridgehead atoms. The molecule has 0 spiro atoms. The molecule has 4 rings (SSSR count). The summed E-state index contributed by atoms with van der Waals surface area (Å²) in [7, 11) is 0. The van der Waals surface area contributed by atoms with Gasteiger partial charge < -0.3 is 10.2 Å². The number of hydrogen-bond acceptors (Lipinski definition) is 6. The van der Waals surface area contributed by atoms with Crippen LogP contribution in [0.5, 0.6) is 0 Å². The number of aromatic nitrogens is 5. The topological polar surface area (TPSA) is 84.1 Å². The van der Waals surface area contributed by atoms with Crippen molar-refractivity contribution in [2.24, 2.45) is 0 Å². The molecule has 0 aromatic carbocycles. The number of hydrogen-bond donors (Lipinski definition) is 1. The van der Waals surface area contributed by atoms with Crippen LogP contribution in [0, 0.1) is 0 Å². The van der Waals surface area contributed by atoms with E-state index < -0.39 is 0 Å². The molecule has 1 unspecified atom stereocenters. The predicted octanol–water partition coefficient (Wildman–Crippen LogP) is 0.630. The summed E-state index contributed by atoms with van der Waals surface area (Å²) < 4.78 is 3.74. The summed E-state index contributed by atoms with van der Waals surface area (Å²) >= 11 is 0. The molecule has 2 aromatic heterocycles. The van der Waals surface area contributed by atoms with Crippen molar-refractivity contribution < 1.29 is 4.79 Å². The normalized spacial score (nSPS) is 20.0. The van der Waals surface area contributed by atoms with Gasteiger partial charge in [0.25, 0.3) is 0 Å². The van der Waals surface area contributed by atoms with Crippen LogP contribution in [-0.4, -0.2) is 86.1 Å². The summed E-state index contributed by atoms with van der Waals surface area (Å²) in [6, 6.07) is 2.06. The maximum Gasteiger partial charge on any atom is 0.244 e. The summed E-state index contributed by atoms with van der Waals surface area (Å²) in [5.74, 6) is 0.627. The van der Waals surface area contributed by atoms with Gasteiger partial charge in [0, 0.05) is 57.1 Å². The number of piperidine rings is 1. The zero-order valence-electron chi connectivity index (χ0n) is 16.5. The molecule has 2 aliphatic heterocycles. The van der Waals surface area contributed by atoms with Gasteiger partial charge in [0.05, 0.1) is 6.54 Å². The quantitative estimate of drug-likeness (QED) is 0.703. The van der Waals surface area contributed by atoms with E-state index >= 15 is 0 Å². The maximum atomic E-state index is 12.8. The largest absolute Gasteiger partial charge is 0.339 e. The van der Waals surface area contributed by atoms with E-state index in [1.54, 1.807) is 12.7 Å². The average molecular weight is 445 g/mol. The molecule has 2 aromatic rings. The van der Waals surface area contributed by atoms with Crippen LogP contribution in [0.4, 0.5) is 0 Å². The van der Waals surface area contributed by atoms with Crippen LogP contribution in [0.1, 0.15) is 24.5 Å². The Morgan fingerprint density at radius 1 is 1.14 bits per heavy atom. The smallest absolute Gasteiger partial charge is 0.244 e. The molecule has 4 heterocycles. The number of amides is 1. The highest BCUT2D eigenvalue weighted by Crippen LogP contribution is 2.22. The Hall–Kier alpha value is -1.68. The summed E-state index contributed by atoms with van der Waals surface area (Å²) in [6.07, 6.45) is 7.46. The zero-order valence-corrected chi connectivity index (χ0v) is 18.2. The number of carbonyl (C=O) groups is 1. The van der Waals surface area contributed by atoms with Gasteiger partial charge in [0.1, 0.15) is 19.2 Å². The molecule has 1 amide bonds. The molecular formula is C18H30Cl2N8O. The van der Waals surface area contributed by atoms with E-state index in [4.69, 9.17) is 0 Å². The number of halogens is 2. The van der Waals surface area contributed by atoms with E-state index in [1.807, 2.05) is 20.5 Å². The molecule has 11 heteroatoms. The summed E-state index contributed by atoms with van der Waals surface area (Å²) in [6.45, 7) is 7.53. The van der Waals surface area contributed by atoms with Crippen molar-refractivity contribution in [3.63, 3.8) is 0 Å². The number of carbonyl (C=O) groups excluding carboxylic acids is 1. The van der Waals surface area contributed by atoms with Gasteiger partial charge in [0.2, 0.25) is 5.91 Å². The van der Waals surface area contributed by atoms with Crippen molar-refractivity contribution in [2.75, 3.05) is 45.8 Å². The van der Waals surface area contributed by atoms with Gasteiger partial charge >= 0.3 is 0 Å². The number of rotatable bonds is 6. The Kier molecular flexibility index (Phi) is 9.35. The molecule has 0 aliphatic carbocycles. The molecule has 9 nitrogen and oxygen atoms in total. The molecule has 1 N–H and O–H groups in total. The third-order valence-corrected chi connectivity index (χ3v) is 5.59. The molecule has 0 saturated carbocycles. The van der Waals surface area contributed by atoms with E-state index in [9.17, 15) is 4.79 Å². The Labute approximate surface area is 183 Å². The fourth-order valence-corrected chi connectivity index (χ4v) is 3.97. The van der Waals surface area contributed by atoms with E-state index in [-0.39, 0.29) is 30.7 Å². The second-order valence-corrected chi connectivity index (χ2v) is 7.34. The molecule has 0 radical (unpaired) electrons. The Bertz CT molecular complexity index is 724. The molecule has 162 valence electrons. The van der Waals surface area contributed by atoms with Crippen LogP contribution in [0.15, 0.2) is 24.9 Å². The number of piperazine rings is 1. The minimum absolute atomic E-state index is 0. The van der Waals surface area contributed by atoms with E-state index in [2.05, 4.69) is 31.5 Å². The molecule has 2 saturated heterocycles. The van der Waals surface area contributed by atoms with Crippen molar-refractivity contribution >= 4 is 30.7 Å². The second kappa shape index (κ2) is 11.5. The molecule has 1 atom stereocenters. The van der Waals surface area contributed by atoms with Crippen LogP contribution in [0.3, 0.4) is 0 Å². The zero-order chi connectivity index (χ0) is 18.5. The SMILES string of the molecule is Cl.Cl.O=C(Cn1nccc1C1CCCNC1)N1CCN(CCn2cncn2)CC1. The highest BCUT2D eigenvalue weighted by molar-refractivity contribution is 5.85. The lowest BCUT2D eigenvalue weighted by Gasteiger charge is -2.34. The van der Waals surface area contributed by atoms with Crippen molar-refractivity contribution in [3.05, 3.63) is 30.6 Å². The van der Waals surface area contributed by atoms with Crippen molar-refractivity contribution in [3.8, 4) is 0 Å². The lowest BCUT2D eigenvalue weighted by Crippen LogP contribution is -2.50. The lowest BCUT2D eigenvalue weighted by atomic mass is 9.96. The minimum atomic E-state index is 0. The second-order valence-electron chi connectivity index (χ2n) is 7.34. The van der Waals surface area contributed by atoms with Gasteiger partial charge in [-0.15, -0.1) is 24.8 Å². The minimum Gasteiger partial charge on any atom is -0.339 e. The van der Waals surface area contributed by atoms with E-state index in [0.717, 1.165) is 58.8 Å². The first-order chi connectivity index (χ1) is 13.3. The van der Waals surface area contributed by atoms with Crippen molar-refractivity contribution in [2.45, 2.75) is 31.8 Å². The van der Waals surface area contributed by atoms with E-state index in [1.165, 1.54) is 12.1 Å². The summed E-state index contributed by atoms with van der Waals surface area (Å²) in [5, 5.41) is 12.0. The fourth-order valence-electron chi connectivity index (χ4n) is 3.97. The monoisotopic (exact) mass is 444 g/mol. The Morgan fingerprint density at radius 3 is 2.66 bits per heavy atom. The Balaban J connectivity index is 0.00000150. The Morgan fingerprint density at radius 2 is 1.97 bits per heavy atom. The van der Waals surface area contributed by atoms with Crippen LogP contribution in [0.2, 0.25) is 0 Å². The summed E-state index contributed by atoms with van der Waals surface area (Å²) in [4.78, 5) is 21.1. The van der Waals surface area contributed by atoms with Crippen LogP contribution in [0.25, 0.3) is 0 Å². The molecular weight excluding hydrogens is 415 g/mol. The first-order valence-corrected chi connectivity index (χ1v) is 9.84. The highest BCUT2D eigenvalue weighted by Gasteiger charge is 2.24. The number of nitrogens with one attached hydrogen (secondary N) is 1. The summed E-state index contributed by atoms with van der Waals surface area (Å²) in [5.41, 5.74) is 1.18.